The quantitative estimate of drug-likeness (QED) is 0.805. The lowest BCUT2D eigenvalue weighted by Crippen LogP contribution is -2.44. The number of hydrogen-bond acceptors (Lipinski definition) is 6. The molecule has 1 N–H and O–H groups in total. The Hall–Kier alpha value is -1.60. The topological polar surface area (TPSA) is 53.5 Å². The summed E-state index contributed by atoms with van der Waals surface area (Å²) in [6.45, 7) is 6.04. The Balaban J connectivity index is 1.57. The van der Waals surface area contributed by atoms with Crippen LogP contribution in [0.1, 0.15) is 16.8 Å². The largest absolute Gasteiger partial charge is 0.497 e. The predicted molar refractivity (Wildman–Crippen MR) is 103 cm³/mol. The summed E-state index contributed by atoms with van der Waals surface area (Å²) in [6.07, 6.45) is 0. The van der Waals surface area contributed by atoms with Gasteiger partial charge in [0.1, 0.15) is 11.6 Å². The number of ether oxygens (including phenoxy) is 1. The Morgan fingerprint density at radius 2 is 1.96 bits per heavy atom. The second-order valence-corrected chi connectivity index (χ2v) is 7.33. The Kier molecular flexibility index (Phi) is 5.18. The van der Waals surface area contributed by atoms with E-state index in [2.05, 4.69) is 25.1 Å². The number of hydrogen-bond donors (Lipinski definition) is 1. The van der Waals surface area contributed by atoms with E-state index >= 15 is 0 Å². The minimum absolute atomic E-state index is 0.318. The van der Waals surface area contributed by atoms with E-state index in [4.69, 9.17) is 27.9 Å². The van der Waals surface area contributed by atoms with Crippen molar-refractivity contribution in [3.63, 3.8) is 0 Å². The van der Waals surface area contributed by atoms with Crippen LogP contribution in [0.3, 0.4) is 0 Å². The summed E-state index contributed by atoms with van der Waals surface area (Å²) in [5, 5.41) is 4.43. The summed E-state index contributed by atoms with van der Waals surface area (Å²) >= 11 is 12.6. The standard InChI is InChI=1S/C18H21Cl2N5O/c1-26-13-2-3-15(19)12(8-13)9-24-10-14-16(11-24)22-18(20)23-17(14)25-6-4-21-5-7-25/h2-3,8,21H,4-7,9-11H2,1H3. The molecular formula is C18H21Cl2N5O. The van der Waals surface area contributed by atoms with Crippen molar-refractivity contribution in [2.45, 2.75) is 19.6 Å². The molecule has 1 aromatic heterocycles. The third-order valence-corrected chi connectivity index (χ3v) is 5.40. The summed E-state index contributed by atoms with van der Waals surface area (Å²) in [5.41, 5.74) is 3.23. The molecule has 138 valence electrons. The number of nitrogens with zero attached hydrogens (tertiary/aromatic N) is 4. The summed E-state index contributed by atoms with van der Waals surface area (Å²) in [5.74, 6) is 1.78. The van der Waals surface area contributed by atoms with Crippen LogP contribution in [-0.2, 0) is 19.6 Å². The maximum absolute atomic E-state index is 6.37. The van der Waals surface area contributed by atoms with E-state index in [1.54, 1.807) is 7.11 Å². The molecule has 0 bridgehead atoms. The first-order chi connectivity index (χ1) is 12.6. The van der Waals surface area contributed by atoms with Crippen molar-refractivity contribution >= 4 is 29.0 Å². The molecule has 1 fully saturated rings. The molecule has 0 radical (unpaired) electrons. The van der Waals surface area contributed by atoms with Crippen molar-refractivity contribution < 1.29 is 4.74 Å². The van der Waals surface area contributed by atoms with Gasteiger partial charge in [-0.05, 0) is 35.4 Å². The fraction of sp³-hybridized carbons (Fsp3) is 0.444. The van der Waals surface area contributed by atoms with E-state index in [0.29, 0.717) is 5.28 Å². The maximum Gasteiger partial charge on any atom is 0.224 e. The van der Waals surface area contributed by atoms with Crippen LogP contribution in [0.15, 0.2) is 18.2 Å². The molecule has 1 aromatic carbocycles. The number of benzene rings is 1. The van der Waals surface area contributed by atoms with E-state index in [-0.39, 0.29) is 0 Å². The number of rotatable bonds is 4. The highest BCUT2D eigenvalue weighted by atomic mass is 35.5. The summed E-state index contributed by atoms with van der Waals surface area (Å²) < 4.78 is 5.32. The van der Waals surface area contributed by atoms with E-state index in [0.717, 1.165) is 73.7 Å². The highest BCUT2D eigenvalue weighted by Gasteiger charge is 2.28. The maximum atomic E-state index is 6.37. The Morgan fingerprint density at radius 1 is 1.15 bits per heavy atom. The van der Waals surface area contributed by atoms with E-state index < -0.39 is 0 Å². The number of aromatic nitrogens is 2. The van der Waals surface area contributed by atoms with Crippen molar-refractivity contribution in [2.75, 3.05) is 38.2 Å². The van der Waals surface area contributed by atoms with Crippen molar-refractivity contribution in [3.8, 4) is 5.75 Å². The first-order valence-electron chi connectivity index (χ1n) is 8.70. The Bertz CT molecular complexity index is 810. The van der Waals surface area contributed by atoms with Gasteiger partial charge >= 0.3 is 0 Å². The van der Waals surface area contributed by atoms with Gasteiger partial charge in [-0.15, -0.1) is 0 Å². The lowest BCUT2D eigenvalue weighted by atomic mass is 10.2. The second-order valence-electron chi connectivity index (χ2n) is 6.58. The second kappa shape index (κ2) is 7.56. The predicted octanol–water partition coefficient (Wildman–Crippen LogP) is 2.72. The number of halogens is 2. The molecule has 6 nitrogen and oxygen atoms in total. The molecule has 0 unspecified atom stereocenters. The molecule has 4 rings (SSSR count). The minimum atomic E-state index is 0.318. The number of anilines is 1. The van der Waals surface area contributed by atoms with Gasteiger partial charge in [-0.3, -0.25) is 4.90 Å². The van der Waals surface area contributed by atoms with Gasteiger partial charge in [-0.1, -0.05) is 11.6 Å². The van der Waals surface area contributed by atoms with Crippen LogP contribution < -0.4 is 15.0 Å². The molecule has 8 heteroatoms. The molecule has 0 atom stereocenters. The van der Waals surface area contributed by atoms with Gasteiger partial charge in [0.05, 0.1) is 12.8 Å². The van der Waals surface area contributed by atoms with Gasteiger partial charge in [0.15, 0.2) is 0 Å². The first-order valence-corrected chi connectivity index (χ1v) is 9.45. The smallest absolute Gasteiger partial charge is 0.224 e. The number of fused-ring (bicyclic) bond motifs is 1. The number of nitrogens with one attached hydrogen (secondary N) is 1. The molecule has 2 aliphatic rings. The average Bonchev–Trinajstić information content (AvgIpc) is 3.05. The molecule has 0 spiro atoms. The molecule has 26 heavy (non-hydrogen) atoms. The molecule has 0 amide bonds. The normalized spacial score (nSPS) is 17.4. The fourth-order valence-corrected chi connectivity index (χ4v) is 3.92. The van der Waals surface area contributed by atoms with Gasteiger partial charge < -0.3 is 15.0 Å². The monoisotopic (exact) mass is 393 g/mol. The zero-order chi connectivity index (χ0) is 18.1. The zero-order valence-electron chi connectivity index (χ0n) is 14.6. The van der Waals surface area contributed by atoms with Crippen LogP contribution in [0.4, 0.5) is 5.82 Å². The van der Waals surface area contributed by atoms with Crippen molar-refractivity contribution in [1.82, 2.24) is 20.2 Å². The van der Waals surface area contributed by atoms with Crippen molar-refractivity contribution in [1.29, 1.82) is 0 Å². The summed E-state index contributed by atoms with van der Waals surface area (Å²) in [4.78, 5) is 13.6. The Labute approximate surface area is 163 Å². The van der Waals surface area contributed by atoms with Crippen molar-refractivity contribution in [2.24, 2.45) is 0 Å². The molecule has 2 aromatic rings. The van der Waals surface area contributed by atoms with Gasteiger partial charge in [0.2, 0.25) is 5.28 Å². The van der Waals surface area contributed by atoms with Gasteiger partial charge in [0.25, 0.3) is 0 Å². The zero-order valence-corrected chi connectivity index (χ0v) is 16.1. The molecular weight excluding hydrogens is 373 g/mol. The van der Waals surface area contributed by atoms with Gasteiger partial charge in [0, 0.05) is 56.4 Å². The first kappa shape index (κ1) is 17.8. The Morgan fingerprint density at radius 3 is 2.73 bits per heavy atom. The SMILES string of the molecule is COc1ccc(Cl)c(CN2Cc3nc(Cl)nc(N4CCNCC4)c3C2)c1. The molecule has 3 heterocycles. The fourth-order valence-electron chi connectivity index (χ4n) is 3.56. The minimum Gasteiger partial charge on any atom is -0.497 e. The number of methoxy groups -OCH3 is 1. The molecule has 2 aliphatic heterocycles. The molecule has 0 aliphatic carbocycles. The van der Waals surface area contributed by atoms with E-state index in [1.165, 1.54) is 5.56 Å². The van der Waals surface area contributed by atoms with Crippen LogP contribution >= 0.6 is 23.2 Å². The van der Waals surface area contributed by atoms with Crippen molar-refractivity contribution in [3.05, 3.63) is 45.3 Å². The third-order valence-electron chi connectivity index (χ3n) is 4.86. The number of piperazine rings is 1. The van der Waals surface area contributed by atoms with Gasteiger partial charge in [-0.2, -0.15) is 0 Å². The van der Waals surface area contributed by atoms with Crippen LogP contribution in [0, 0.1) is 0 Å². The average molecular weight is 394 g/mol. The van der Waals surface area contributed by atoms with Crippen LogP contribution in [0.25, 0.3) is 0 Å². The highest BCUT2D eigenvalue weighted by molar-refractivity contribution is 6.31. The summed E-state index contributed by atoms with van der Waals surface area (Å²) in [6, 6.07) is 5.74. The van der Waals surface area contributed by atoms with Gasteiger partial charge in [-0.25, -0.2) is 9.97 Å². The van der Waals surface area contributed by atoms with Crippen LogP contribution in [0.2, 0.25) is 10.3 Å². The van der Waals surface area contributed by atoms with Crippen LogP contribution in [0.5, 0.6) is 5.75 Å². The lowest BCUT2D eigenvalue weighted by molar-refractivity contribution is 0.273. The lowest BCUT2D eigenvalue weighted by Gasteiger charge is -2.29. The van der Waals surface area contributed by atoms with E-state index in [9.17, 15) is 0 Å². The third kappa shape index (κ3) is 3.60. The summed E-state index contributed by atoms with van der Waals surface area (Å²) in [7, 11) is 1.66. The van der Waals surface area contributed by atoms with E-state index in [1.807, 2.05) is 18.2 Å². The molecule has 0 saturated carbocycles. The highest BCUT2D eigenvalue weighted by Crippen LogP contribution is 2.33. The van der Waals surface area contributed by atoms with Crippen LogP contribution in [-0.4, -0.2) is 48.2 Å². The molecule has 1 saturated heterocycles.